The van der Waals surface area contributed by atoms with E-state index in [2.05, 4.69) is 30.5 Å². The first kappa shape index (κ1) is 22.7. The second-order valence-electron chi connectivity index (χ2n) is 9.05. The highest BCUT2D eigenvalue weighted by molar-refractivity contribution is 5.82. The van der Waals surface area contributed by atoms with Crippen molar-refractivity contribution in [1.29, 1.82) is 0 Å². The minimum Gasteiger partial charge on any atom is -0.493 e. The molecule has 1 aromatic carbocycles. The number of pyridine rings is 1. The Morgan fingerprint density at radius 2 is 1.88 bits per heavy atom. The smallest absolute Gasteiger partial charge is 0.227 e. The van der Waals surface area contributed by atoms with E-state index in [1.807, 2.05) is 45.0 Å². The van der Waals surface area contributed by atoms with E-state index >= 15 is 0 Å². The van der Waals surface area contributed by atoms with Crippen molar-refractivity contribution >= 4 is 22.9 Å². The van der Waals surface area contributed by atoms with Crippen LogP contribution in [0.15, 0.2) is 36.7 Å². The number of carbonyl (C=O) groups is 1. The zero-order chi connectivity index (χ0) is 23.6. The van der Waals surface area contributed by atoms with Gasteiger partial charge in [0.25, 0.3) is 0 Å². The molecule has 33 heavy (non-hydrogen) atoms. The number of aromatic nitrogens is 3. The number of piperazine rings is 1. The van der Waals surface area contributed by atoms with Crippen molar-refractivity contribution in [3.63, 3.8) is 0 Å². The minimum absolute atomic E-state index is 0.00522. The molecule has 1 fully saturated rings. The van der Waals surface area contributed by atoms with Gasteiger partial charge in [0.05, 0.1) is 26.9 Å². The van der Waals surface area contributed by atoms with Crippen LogP contribution in [0, 0.1) is 5.41 Å². The van der Waals surface area contributed by atoms with Crippen LogP contribution < -0.4 is 25.0 Å². The Labute approximate surface area is 193 Å². The molecular weight excluding hydrogens is 420 g/mol. The first-order chi connectivity index (χ1) is 15.8. The minimum atomic E-state index is -0.445. The molecule has 174 valence electrons. The van der Waals surface area contributed by atoms with Crippen LogP contribution in [0.2, 0.25) is 0 Å². The molecule has 2 N–H and O–H groups in total. The predicted molar refractivity (Wildman–Crippen MR) is 127 cm³/mol. The molecule has 9 nitrogen and oxygen atoms in total. The highest BCUT2D eigenvalue weighted by atomic mass is 16.5. The van der Waals surface area contributed by atoms with E-state index in [0.29, 0.717) is 29.6 Å². The maximum atomic E-state index is 12.4. The summed E-state index contributed by atoms with van der Waals surface area (Å²) in [7, 11) is 3.23. The van der Waals surface area contributed by atoms with Gasteiger partial charge in [-0.25, -0.2) is 9.97 Å². The van der Waals surface area contributed by atoms with Crippen LogP contribution >= 0.6 is 0 Å². The van der Waals surface area contributed by atoms with Gasteiger partial charge < -0.3 is 19.7 Å². The topological polar surface area (TPSA) is 102 Å². The van der Waals surface area contributed by atoms with Crippen LogP contribution in [0.4, 0.5) is 5.95 Å². The lowest BCUT2D eigenvalue weighted by molar-refractivity contribution is -0.129. The van der Waals surface area contributed by atoms with Crippen LogP contribution in [0.25, 0.3) is 22.2 Å². The molecule has 9 heteroatoms. The number of benzene rings is 1. The van der Waals surface area contributed by atoms with Crippen LogP contribution in [0.5, 0.6) is 11.5 Å². The second-order valence-corrected chi connectivity index (χ2v) is 9.05. The standard InChI is InChI=1S/C24H30N6O3/c1-24(2,3)22(31)28-20-14-30(9-8-25-20)23-27-13-17-10-16(12-26-21(17)29-23)15-6-7-18(32-4)19(11-15)33-5/h6-7,10-13,20,25H,8-9,14H2,1-5H3,(H,28,31). The summed E-state index contributed by atoms with van der Waals surface area (Å²) in [4.78, 5) is 28.2. The summed E-state index contributed by atoms with van der Waals surface area (Å²) < 4.78 is 10.7. The van der Waals surface area contributed by atoms with Crippen molar-refractivity contribution in [1.82, 2.24) is 25.6 Å². The number of nitrogens with zero attached hydrogens (tertiary/aromatic N) is 4. The summed E-state index contributed by atoms with van der Waals surface area (Å²) in [5.41, 5.74) is 2.08. The first-order valence-electron chi connectivity index (χ1n) is 10.9. The maximum absolute atomic E-state index is 12.4. The van der Waals surface area contributed by atoms with Gasteiger partial charge in [-0.2, -0.15) is 4.98 Å². The van der Waals surface area contributed by atoms with Crippen LogP contribution in [-0.2, 0) is 4.79 Å². The molecule has 1 saturated heterocycles. The van der Waals surface area contributed by atoms with E-state index in [0.717, 1.165) is 29.6 Å². The molecule has 1 atom stereocenters. The molecular formula is C24H30N6O3. The Hall–Kier alpha value is -3.46. The molecule has 3 heterocycles. The van der Waals surface area contributed by atoms with Gasteiger partial charge in [-0.15, -0.1) is 0 Å². The lowest BCUT2D eigenvalue weighted by Crippen LogP contribution is -2.60. The number of fused-ring (bicyclic) bond motifs is 1. The third-order valence-corrected chi connectivity index (χ3v) is 5.58. The fourth-order valence-electron chi connectivity index (χ4n) is 3.64. The molecule has 0 radical (unpaired) electrons. The predicted octanol–water partition coefficient (Wildman–Crippen LogP) is 2.61. The van der Waals surface area contributed by atoms with Crippen molar-refractivity contribution in [3.8, 4) is 22.6 Å². The summed E-state index contributed by atoms with van der Waals surface area (Å²) in [6, 6.07) is 7.77. The number of nitrogens with one attached hydrogen (secondary N) is 2. The molecule has 2 aromatic heterocycles. The molecule has 1 unspecified atom stereocenters. The van der Waals surface area contributed by atoms with Gasteiger partial charge in [0.15, 0.2) is 17.1 Å². The summed E-state index contributed by atoms with van der Waals surface area (Å²) in [6.45, 7) is 7.75. The average molecular weight is 451 g/mol. The molecule has 0 aliphatic carbocycles. The number of ether oxygens (including phenoxy) is 2. The van der Waals surface area contributed by atoms with Crippen molar-refractivity contribution in [3.05, 3.63) is 36.7 Å². The second kappa shape index (κ2) is 9.19. The van der Waals surface area contributed by atoms with Gasteiger partial charge in [-0.1, -0.05) is 26.8 Å². The molecule has 1 amide bonds. The van der Waals surface area contributed by atoms with E-state index in [9.17, 15) is 4.79 Å². The Balaban J connectivity index is 1.54. The summed E-state index contributed by atoms with van der Waals surface area (Å²) >= 11 is 0. The quantitative estimate of drug-likeness (QED) is 0.612. The van der Waals surface area contributed by atoms with Gasteiger partial charge in [-0.05, 0) is 23.8 Å². The van der Waals surface area contributed by atoms with Crippen LogP contribution in [-0.4, -0.2) is 60.9 Å². The molecule has 0 spiro atoms. The van der Waals surface area contributed by atoms with Crippen LogP contribution in [0.1, 0.15) is 20.8 Å². The lowest BCUT2D eigenvalue weighted by Gasteiger charge is -2.35. The summed E-state index contributed by atoms with van der Waals surface area (Å²) in [6.07, 6.45) is 3.43. The summed E-state index contributed by atoms with van der Waals surface area (Å²) in [5.74, 6) is 1.94. The van der Waals surface area contributed by atoms with Gasteiger partial charge in [-0.3, -0.25) is 10.1 Å². The zero-order valence-electron chi connectivity index (χ0n) is 19.7. The van der Waals surface area contributed by atoms with E-state index in [1.54, 1.807) is 26.6 Å². The van der Waals surface area contributed by atoms with Gasteiger partial charge >= 0.3 is 0 Å². The average Bonchev–Trinajstić information content (AvgIpc) is 2.82. The fourth-order valence-corrected chi connectivity index (χ4v) is 3.64. The van der Waals surface area contributed by atoms with Gasteiger partial charge in [0.1, 0.15) is 0 Å². The lowest BCUT2D eigenvalue weighted by atomic mass is 9.95. The van der Waals surface area contributed by atoms with Crippen molar-refractivity contribution in [2.45, 2.75) is 26.9 Å². The number of hydrogen-bond donors (Lipinski definition) is 2. The largest absolute Gasteiger partial charge is 0.493 e. The first-order valence-corrected chi connectivity index (χ1v) is 10.9. The van der Waals surface area contributed by atoms with Gasteiger partial charge in [0.2, 0.25) is 11.9 Å². The number of amides is 1. The number of anilines is 1. The van der Waals surface area contributed by atoms with E-state index in [1.165, 1.54) is 0 Å². The molecule has 3 aromatic rings. The van der Waals surface area contributed by atoms with Crippen molar-refractivity contribution < 1.29 is 14.3 Å². The molecule has 1 aliphatic rings. The Morgan fingerprint density at radius 3 is 2.61 bits per heavy atom. The molecule has 0 bridgehead atoms. The Morgan fingerprint density at radius 1 is 1.09 bits per heavy atom. The van der Waals surface area contributed by atoms with Crippen molar-refractivity contribution in [2.75, 3.05) is 38.8 Å². The van der Waals surface area contributed by atoms with Gasteiger partial charge in [0, 0.05) is 41.8 Å². The monoisotopic (exact) mass is 450 g/mol. The van der Waals surface area contributed by atoms with Crippen LogP contribution in [0.3, 0.4) is 0 Å². The third-order valence-electron chi connectivity index (χ3n) is 5.58. The highest BCUT2D eigenvalue weighted by Crippen LogP contribution is 2.32. The number of methoxy groups -OCH3 is 2. The zero-order valence-corrected chi connectivity index (χ0v) is 19.7. The Kier molecular flexibility index (Phi) is 6.33. The normalized spacial score (nSPS) is 16.5. The Bertz CT molecular complexity index is 1160. The third kappa shape index (κ3) is 4.98. The molecule has 1 aliphatic heterocycles. The van der Waals surface area contributed by atoms with E-state index in [-0.39, 0.29) is 12.1 Å². The summed E-state index contributed by atoms with van der Waals surface area (Å²) in [5, 5.41) is 7.24. The van der Waals surface area contributed by atoms with E-state index in [4.69, 9.17) is 9.47 Å². The highest BCUT2D eigenvalue weighted by Gasteiger charge is 2.27. The molecule has 4 rings (SSSR count). The van der Waals surface area contributed by atoms with E-state index < -0.39 is 5.41 Å². The van der Waals surface area contributed by atoms with Crippen molar-refractivity contribution in [2.24, 2.45) is 5.41 Å². The number of rotatable bonds is 5. The molecule has 0 saturated carbocycles. The fraction of sp³-hybridized carbons (Fsp3) is 0.417. The number of carbonyl (C=O) groups excluding carboxylic acids is 1. The SMILES string of the molecule is COc1ccc(-c2cnc3nc(N4CCNC(NC(=O)C(C)(C)C)C4)ncc3c2)cc1OC. The number of hydrogen-bond acceptors (Lipinski definition) is 8. The maximum Gasteiger partial charge on any atom is 0.227 e.